The number of hydrogen-bond donors (Lipinski definition) is 1. The molecule has 1 aromatic heterocycles. The van der Waals surface area contributed by atoms with E-state index in [2.05, 4.69) is 29.5 Å². The van der Waals surface area contributed by atoms with E-state index >= 15 is 0 Å². The Bertz CT molecular complexity index is 836. The third-order valence-electron chi connectivity index (χ3n) is 4.21. The summed E-state index contributed by atoms with van der Waals surface area (Å²) in [4.78, 5) is 12.2. The molecule has 25 heavy (non-hydrogen) atoms. The Hall–Kier alpha value is -2.69. The number of nitrogens with zero attached hydrogens (tertiary/aromatic N) is 3. The van der Waals surface area contributed by atoms with Crippen LogP contribution in [0.1, 0.15) is 42.6 Å². The van der Waals surface area contributed by atoms with Crippen molar-refractivity contribution < 1.29 is 4.79 Å². The largest absolute Gasteiger partial charge is 0.352 e. The van der Waals surface area contributed by atoms with Crippen molar-refractivity contribution in [2.24, 2.45) is 5.92 Å². The minimum absolute atomic E-state index is 0.0125. The quantitative estimate of drug-likeness (QED) is 0.670. The lowest BCUT2D eigenvalue weighted by Gasteiger charge is -2.08. The van der Waals surface area contributed by atoms with Crippen LogP contribution >= 0.6 is 0 Å². The number of amides is 1. The molecule has 0 spiro atoms. The minimum atomic E-state index is -0.0125. The van der Waals surface area contributed by atoms with Crippen molar-refractivity contribution in [2.45, 2.75) is 33.2 Å². The third-order valence-corrected chi connectivity index (χ3v) is 4.21. The first kappa shape index (κ1) is 17.1. The number of para-hydroxylation sites is 1. The van der Waals surface area contributed by atoms with E-state index in [0.717, 1.165) is 36.0 Å². The Morgan fingerprint density at radius 1 is 1.12 bits per heavy atom. The van der Waals surface area contributed by atoms with Crippen molar-refractivity contribution in [3.63, 3.8) is 0 Å². The number of carbonyl (C=O) groups excluding carboxylic acids is 1. The molecule has 0 radical (unpaired) electrons. The zero-order chi connectivity index (χ0) is 17.6. The maximum absolute atomic E-state index is 12.2. The van der Waals surface area contributed by atoms with Gasteiger partial charge in [0.05, 0.1) is 12.1 Å². The molecule has 0 aliphatic carbocycles. The summed E-state index contributed by atoms with van der Waals surface area (Å²) in [5.74, 6) is 0.658. The second-order valence-corrected chi connectivity index (χ2v) is 6.72. The van der Waals surface area contributed by atoms with Gasteiger partial charge in [0.25, 0.3) is 5.91 Å². The Morgan fingerprint density at radius 2 is 1.88 bits per heavy atom. The summed E-state index contributed by atoms with van der Waals surface area (Å²) in [5, 5.41) is 11.3. The molecule has 130 valence electrons. The fourth-order valence-corrected chi connectivity index (χ4v) is 2.78. The number of nitrogens with one attached hydrogen (secondary N) is 1. The highest BCUT2D eigenvalue weighted by atomic mass is 16.1. The molecule has 3 aromatic rings. The highest BCUT2D eigenvalue weighted by Gasteiger charge is 2.07. The molecule has 3 rings (SSSR count). The smallest absolute Gasteiger partial charge is 0.251 e. The predicted molar refractivity (Wildman–Crippen MR) is 99.5 cm³/mol. The van der Waals surface area contributed by atoms with Gasteiger partial charge in [-0.2, -0.15) is 0 Å². The summed E-state index contributed by atoms with van der Waals surface area (Å²) in [7, 11) is 0. The van der Waals surface area contributed by atoms with Crippen molar-refractivity contribution in [1.82, 2.24) is 20.3 Å². The molecule has 0 atom stereocenters. The lowest BCUT2D eigenvalue weighted by atomic mass is 10.1. The summed E-state index contributed by atoms with van der Waals surface area (Å²) in [6.45, 7) is 5.75. The maximum atomic E-state index is 12.2. The van der Waals surface area contributed by atoms with Crippen LogP contribution in [0.2, 0.25) is 0 Å². The first-order valence-electron chi connectivity index (χ1n) is 8.79. The second kappa shape index (κ2) is 7.92. The Kier molecular flexibility index (Phi) is 5.43. The molecule has 1 N–H and O–H groups in total. The van der Waals surface area contributed by atoms with Gasteiger partial charge in [-0.1, -0.05) is 43.3 Å². The molecular formula is C20H24N4O. The highest BCUT2D eigenvalue weighted by molar-refractivity contribution is 5.94. The standard InChI is InChI=1S/C20H24N4O/c1-15(2)6-5-13-21-20(25)17-11-9-16(10-12-17)14-24-19-8-4-3-7-18(19)22-23-24/h3-4,7-12,15H,5-6,13-14H2,1-2H3,(H,21,25). The number of aromatic nitrogens is 3. The van der Waals surface area contributed by atoms with E-state index in [-0.39, 0.29) is 5.91 Å². The number of benzene rings is 2. The normalized spacial score (nSPS) is 11.2. The third kappa shape index (κ3) is 4.44. The molecule has 0 aliphatic heterocycles. The van der Waals surface area contributed by atoms with Gasteiger partial charge in [-0.3, -0.25) is 4.79 Å². The van der Waals surface area contributed by atoms with Crippen LogP contribution in [-0.2, 0) is 6.54 Å². The summed E-state index contributed by atoms with van der Waals surface area (Å²) in [5.41, 5.74) is 3.68. The van der Waals surface area contributed by atoms with E-state index in [9.17, 15) is 4.79 Å². The lowest BCUT2D eigenvalue weighted by molar-refractivity contribution is 0.0952. The second-order valence-electron chi connectivity index (χ2n) is 6.72. The van der Waals surface area contributed by atoms with E-state index in [1.165, 1.54) is 0 Å². The van der Waals surface area contributed by atoms with Crippen LogP contribution in [-0.4, -0.2) is 27.4 Å². The summed E-state index contributed by atoms with van der Waals surface area (Å²) in [6.07, 6.45) is 2.14. The van der Waals surface area contributed by atoms with Crippen LogP contribution in [0.25, 0.3) is 11.0 Å². The lowest BCUT2D eigenvalue weighted by Crippen LogP contribution is -2.24. The molecule has 0 aliphatic rings. The van der Waals surface area contributed by atoms with Crippen LogP contribution in [0.3, 0.4) is 0 Å². The molecule has 5 heteroatoms. The van der Waals surface area contributed by atoms with Crippen LogP contribution in [0, 0.1) is 5.92 Å². The molecule has 5 nitrogen and oxygen atoms in total. The number of hydrogen-bond acceptors (Lipinski definition) is 3. The van der Waals surface area contributed by atoms with E-state index in [0.29, 0.717) is 18.0 Å². The van der Waals surface area contributed by atoms with Gasteiger partial charge in [0.1, 0.15) is 5.52 Å². The molecule has 0 fully saturated rings. The average Bonchev–Trinajstić information content (AvgIpc) is 3.02. The number of fused-ring (bicyclic) bond motifs is 1. The van der Waals surface area contributed by atoms with Crippen LogP contribution in [0.5, 0.6) is 0 Å². The predicted octanol–water partition coefficient (Wildman–Crippen LogP) is 3.65. The van der Waals surface area contributed by atoms with Gasteiger partial charge in [-0.05, 0) is 48.6 Å². The molecule has 0 saturated heterocycles. The zero-order valence-electron chi connectivity index (χ0n) is 14.8. The first-order valence-corrected chi connectivity index (χ1v) is 8.79. The Labute approximate surface area is 148 Å². The van der Waals surface area contributed by atoms with Gasteiger partial charge in [-0.15, -0.1) is 5.10 Å². The van der Waals surface area contributed by atoms with Gasteiger partial charge in [0.2, 0.25) is 0 Å². The minimum Gasteiger partial charge on any atom is -0.352 e. The number of carbonyl (C=O) groups is 1. The number of rotatable bonds is 7. The monoisotopic (exact) mass is 336 g/mol. The van der Waals surface area contributed by atoms with Crippen molar-refractivity contribution in [2.75, 3.05) is 6.54 Å². The topological polar surface area (TPSA) is 59.8 Å². The van der Waals surface area contributed by atoms with Crippen molar-refractivity contribution in [3.05, 3.63) is 59.7 Å². The first-order chi connectivity index (χ1) is 12.1. The fourth-order valence-electron chi connectivity index (χ4n) is 2.78. The van der Waals surface area contributed by atoms with E-state index in [1.54, 1.807) is 0 Å². The van der Waals surface area contributed by atoms with Crippen molar-refractivity contribution in [3.8, 4) is 0 Å². The summed E-state index contributed by atoms with van der Waals surface area (Å²) < 4.78 is 1.87. The molecule has 2 aromatic carbocycles. The molecule has 1 heterocycles. The maximum Gasteiger partial charge on any atom is 0.251 e. The average molecular weight is 336 g/mol. The highest BCUT2D eigenvalue weighted by Crippen LogP contribution is 2.13. The fraction of sp³-hybridized carbons (Fsp3) is 0.350. The van der Waals surface area contributed by atoms with E-state index in [1.807, 2.05) is 53.2 Å². The van der Waals surface area contributed by atoms with Crippen molar-refractivity contribution in [1.29, 1.82) is 0 Å². The molecule has 0 saturated carbocycles. The van der Waals surface area contributed by atoms with E-state index in [4.69, 9.17) is 0 Å². The summed E-state index contributed by atoms with van der Waals surface area (Å²) in [6, 6.07) is 15.6. The SMILES string of the molecule is CC(C)CCCNC(=O)c1ccc(Cn2nnc3ccccc32)cc1. The Balaban J connectivity index is 1.59. The molecular weight excluding hydrogens is 312 g/mol. The van der Waals surface area contributed by atoms with Gasteiger partial charge >= 0.3 is 0 Å². The van der Waals surface area contributed by atoms with Crippen molar-refractivity contribution >= 4 is 16.9 Å². The Morgan fingerprint density at radius 3 is 2.64 bits per heavy atom. The zero-order valence-corrected chi connectivity index (χ0v) is 14.8. The van der Waals surface area contributed by atoms with Crippen LogP contribution < -0.4 is 5.32 Å². The molecule has 1 amide bonds. The van der Waals surface area contributed by atoms with Crippen LogP contribution in [0.15, 0.2) is 48.5 Å². The van der Waals surface area contributed by atoms with Gasteiger partial charge < -0.3 is 5.32 Å². The van der Waals surface area contributed by atoms with Gasteiger partial charge in [-0.25, -0.2) is 4.68 Å². The van der Waals surface area contributed by atoms with Gasteiger partial charge in [0.15, 0.2) is 0 Å². The van der Waals surface area contributed by atoms with E-state index < -0.39 is 0 Å². The summed E-state index contributed by atoms with van der Waals surface area (Å²) >= 11 is 0. The van der Waals surface area contributed by atoms with Crippen LogP contribution in [0.4, 0.5) is 0 Å². The van der Waals surface area contributed by atoms with Gasteiger partial charge in [0, 0.05) is 12.1 Å². The molecule has 0 bridgehead atoms. The molecule has 0 unspecified atom stereocenters.